The number of aryl methyl sites for hydroxylation is 2. The van der Waals surface area contributed by atoms with Crippen LogP contribution in [0.5, 0.6) is 0 Å². The molecule has 1 aromatic heterocycles. The SMILES string of the molecule is CCNC(=O)C(C)(C)CNC(=NCc1c(CC)noc1CC)NCC.I. The van der Waals surface area contributed by atoms with Crippen molar-refractivity contribution in [3.8, 4) is 0 Å². The number of guanidine groups is 1. The van der Waals surface area contributed by atoms with E-state index >= 15 is 0 Å². The molecule has 0 unspecified atom stereocenters. The lowest BCUT2D eigenvalue weighted by Crippen LogP contribution is -2.47. The van der Waals surface area contributed by atoms with E-state index in [1.54, 1.807) is 0 Å². The number of halogens is 1. The molecule has 26 heavy (non-hydrogen) atoms. The third-order valence-corrected chi connectivity index (χ3v) is 4.00. The zero-order valence-electron chi connectivity index (χ0n) is 16.9. The van der Waals surface area contributed by atoms with Crippen molar-refractivity contribution in [2.75, 3.05) is 19.6 Å². The molecule has 3 N–H and O–H groups in total. The number of rotatable bonds is 9. The molecule has 0 atom stereocenters. The molecule has 0 fully saturated rings. The molecule has 0 spiro atoms. The van der Waals surface area contributed by atoms with Crippen LogP contribution in [0.4, 0.5) is 0 Å². The first-order valence-electron chi connectivity index (χ1n) is 9.16. The zero-order valence-corrected chi connectivity index (χ0v) is 19.2. The van der Waals surface area contributed by atoms with E-state index in [1.807, 2.05) is 34.6 Å². The van der Waals surface area contributed by atoms with Crippen LogP contribution in [0.2, 0.25) is 0 Å². The molecule has 1 amide bonds. The van der Waals surface area contributed by atoms with E-state index in [2.05, 4.69) is 33.0 Å². The summed E-state index contributed by atoms with van der Waals surface area (Å²) in [6, 6.07) is 0. The Morgan fingerprint density at radius 1 is 1.08 bits per heavy atom. The lowest BCUT2D eigenvalue weighted by atomic mass is 9.92. The number of nitrogens with zero attached hydrogens (tertiary/aromatic N) is 2. The molecule has 7 nitrogen and oxygen atoms in total. The Kier molecular flexibility index (Phi) is 11.5. The molecule has 1 heterocycles. The minimum atomic E-state index is -0.521. The molecule has 0 saturated carbocycles. The molecule has 8 heteroatoms. The second-order valence-corrected chi connectivity index (χ2v) is 6.53. The van der Waals surface area contributed by atoms with Gasteiger partial charge in [-0.15, -0.1) is 24.0 Å². The lowest BCUT2D eigenvalue weighted by molar-refractivity contribution is -0.128. The average Bonchev–Trinajstić information content (AvgIpc) is 2.99. The van der Waals surface area contributed by atoms with Gasteiger partial charge >= 0.3 is 0 Å². The Labute approximate surface area is 174 Å². The first kappa shape index (κ1) is 24.7. The van der Waals surface area contributed by atoms with Crippen LogP contribution >= 0.6 is 24.0 Å². The maximum absolute atomic E-state index is 12.1. The normalized spacial score (nSPS) is 11.7. The summed E-state index contributed by atoms with van der Waals surface area (Å²) in [7, 11) is 0. The molecule has 0 aliphatic heterocycles. The van der Waals surface area contributed by atoms with Gasteiger partial charge in [0.2, 0.25) is 5.91 Å². The largest absolute Gasteiger partial charge is 0.361 e. The fourth-order valence-corrected chi connectivity index (χ4v) is 2.40. The standard InChI is InChI=1S/C18H33N5O2.HI/c1-7-14-13(15(8-2)25-23-14)11-21-17(20-10-4)22-12-18(5,6)16(24)19-9-3;/h7-12H2,1-6H3,(H,19,24)(H2,20,21,22);1H. The van der Waals surface area contributed by atoms with Gasteiger partial charge in [-0.2, -0.15) is 0 Å². The number of aromatic nitrogens is 1. The van der Waals surface area contributed by atoms with E-state index in [0.29, 0.717) is 25.6 Å². The number of carbonyl (C=O) groups is 1. The van der Waals surface area contributed by atoms with Crippen molar-refractivity contribution >= 4 is 35.8 Å². The number of nitrogens with one attached hydrogen (secondary N) is 3. The van der Waals surface area contributed by atoms with Crippen LogP contribution in [-0.4, -0.2) is 36.7 Å². The van der Waals surface area contributed by atoms with Crippen molar-refractivity contribution in [1.82, 2.24) is 21.1 Å². The van der Waals surface area contributed by atoms with Crippen molar-refractivity contribution < 1.29 is 9.32 Å². The van der Waals surface area contributed by atoms with Crippen LogP contribution in [-0.2, 0) is 24.2 Å². The molecular weight excluding hydrogens is 445 g/mol. The Morgan fingerprint density at radius 2 is 1.73 bits per heavy atom. The number of amides is 1. The summed E-state index contributed by atoms with van der Waals surface area (Å²) in [4.78, 5) is 16.8. The lowest BCUT2D eigenvalue weighted by Gasteiger charge is -2.24. The smallest absolute Gasteiger partial charge is 0.227 e. The zero-order chi connectivity index (χ0) is 18.9. The van der Waals surface area contributed by atoms with Crippen molar-refractivity contribution in [1.29, 1.82) is 0 Å². The fourth-order valence-electron chi connectivity index (χ4n) is 2.40. The van der Waals surface area contributed by atoms with Gasteiger partial charge in [0.25, 0.3) is 0 Å². The number of hydrogen-bond donors (Lipinski definition) is 3. The highest BCUT2D eigenvalue weighted by Gasteiger charge is 2.27. The average molecular weight is 479 g/mol. The van der Waals surface area contributed by atoms with Gasteiger partial charge in [0.15, 0.2) is 5.96 Å². The van der Waals surface area contributed by atoms with Gasteiger partial charge in [0, 0.05) is 31.6 Å². The fraction of sp³-hybridized carbons (Fsp3) is 0.722. The van der Waals surface area contributed by atoms with E-state index in [-0.39, 0.29) is 29.9 Å². The highest BCUT2D eigenvalue weighted by molar-refractivity contribution is 14.0. The van der Waals surface area contributed by atoms with Gasteiger partial charge in [-0.3, -0.25) is 4.79 Å². The van der Waals surface area contributed by atoms with Crippen LogP contribution in [0.15, 0.2) is 9.52 Å². The Hall–Kier alpha value is -1.32. The summed E-state index contributed by atoms with van der Waals surface area (Å²) in [6.45, 7) is 14.2. The molecule has 0 aliphatic carbocycles. The van der Waals surface area contributed by atoms with Crippen LogP contribution in [0.1, 0.15) is 58.6 Å². The summed E-state index contributed by atoms with van der Waals surface area (Å²) >= 11 is 0. The molecule has 0 radical (unpaired) electrons. The van der Waals surface area contributed by atoms with E-state index in [9.17, 15) is 4.79 Å². The molecule has 1 rings (SSSR count). The molecule has 0 aliphatic rings. The number of carbonyl (C=O) groups excluding carboxylic acids is 1. The van der Waals surface area contributed by atoms with Crippen LogP contribution in [0.25, 0.3) is 0 Å². The van der Waals surface area contributed by atoms with Crippen molar-refractivity contribution in [3.63, 3.8) is 0 Å². The third kappa shape index (κ3) is 7.13. The first-order chi connectivity index (χ1) is 11.9. The molecule has 0 bridgehead atoms. The molecule has 1 aromatic rings. The monoisotopic (exact) mass is 479 g/mol. The summed E-state index contributed by atoms with van der Waals surface area (Å²) in [5, 5.41) is 13.5. The van der Waals surface area contributed by atoms with Crippen molar-refractivity contribution in [2.45, 2.75) is 60.9 Å². The maximum Gasteiger partial charge on any atom is 0.227 e. The summed E-state index contributed by atoms with van der Waals surface area (Å²) in [5.41, 5.74) is 1.50. The van der Waals surface area contributed by atoms with E-state index in [4.69, 9.17) is 4.52 Å². The Bertz CT molecular complexity index is 563. The molecular formula is C18H34IN5O2. The quantitative estimate of drug-likeness (QED) is 0.288. The minimum absolute atomic E-state index is 0. The highest BCUT2D eigenvalue weighted by Crippen LogP contribution is 2.17. The van der Waals surface area contributed by atoms with Gasteiger partial charge < -0.3 is 20.5 Å². The molecule has 0 aromatic carbocycles. The third-order valence-electron chi connectivity index (χ3n) is 4.00. The van der Waals surface area contributed by atoms with Crippen molar-refractivity contribution in [3.05, 3.63) is 17.0 Å². The predicted octanol–water partition coefficient (Wildman–Crippen LogP) is 2.63. The maximum atomic E-state index is 12.1. The summed E-state index contributed by atoms with van der Waals surface area (Å²) < 4.78 is 5.39. The molecule has 0 saturated heterocycles. The Morgan fingerprint density at radius 3 is 2.27 bits per heavy atom. The first-order valence-corrected chi connectivity index (χ1v) is 9.16. The van der Waals surface area contributed by atoms with E-state index in [1.165, 1.54) is 0 Å². The van der Waals surface area contributed by atoms with Gasteiger partial charge in [0.1, 0.15) is 5.76 Å². The van der Waals surface area contributed by atoms with Gasteiger partial charge in [-0.05, 0) is 34.1 Å². The van der Waals surface area contributed by atoms with Crippen LogP contribution in [0, 0.1) is 5.41 Å². The highest BCUT2D eigenvalue weighted by atomic mass is 127. The van der Waals surface area contributed by atoms with Gasteiger partial charge in [0.05, 0.1) is 17.7 Å². The summed E-state index contributed by atoms with van der Waals surface area (Å²) in [5.74, 6) is 1.60. The predicted molar refractivity (Wildman–Crippen MR) is 116 cm³/mol. The summed E-state index contributed by atoms with van der Waals surface area (Å²) in [6.07, 6.45) is 1.62. The van der Waals surface area contributed by atoms with E-state index < -0.39 is 5.41 Å². The number of aliphatic imine (C=N–C) groups is 1. The topological polar surface area (TPSA) is 91.5 Å². The van der Waals surface area contributed by atoms with Crippen LogP contribution in [0.3, 0.4) is 0 Å². The van der Waals surface area contributed by atoms with E-state index in [0.717, 1.165) is 36.4 Å². The minimum Gasteiger partial charge on any atom is -0.361 e. The number of hydrogen-bond acceptors (Lipinski definition) is 4. The molecule has 150 valence electrons. The van der Waals surface area contributed by atoms with Gasteiger partial charge in [-0.25, -0.2) is 4.99 Å². The second-order valence-electron chi connectivity index (χ2n) is 6.53. The second kappa shape index (κ2) is 12.1. The Balaban J connectivity index is 0.00000625. The van der Waals surface area contributed by atoms with Crippen molar-refractivity contribution in [2.24, 2.45) is 10.4 Å². The van der Waals surface area contributed by atoms with Crippen LogP contribution < -0.4 is 16.0 Å². The van der Waals surface area contributed by atoms with Gasteiger partial charge in [-0.1, -0.05) is 19.0 Å².